The van der Waals surface area contributed by atoms with Gasteiger partial charge in [0.15, 0.2) is 5.13 Å². The summed E-state index contributed by atoms with van der Waals surface area (Å²) in [7, 11) is 0. The van der Waals surface area contributed by atoms with E-state index >= 15 is 0 Å². The lowest BCUT2D eigenvalue weighted by Crippen LogP contribution is -2.44. The lowest BCUT2D eigenvalue weighted by molar-refractivity contribution is 0.102. The Bertz CT molecular complexity index is 1080. The first-order valence-electron chi connectivity index (χ1n) is 9.72. The normalized spacial score (nSPS) is 14.3. The van der Waals surface area contributed by atoms with E-state index in [2.05, 4.69) is 25.5 Å². The Labute approximate surface area is 187 Å². The molecule has 1 aromatic carbocycles. The summed E-state index contributed by atoms with van der Waals surface area (Å²) in [6.45, 7) is 1.45. The molecule has 1 fully saturated rings. The minimum atomic E-state index is -0.991. The average Bonchev–Trinajstić information content (AvgIpc) is 3.22. The average molecular weight is 458 g/mol. The number of halogens is 1. The third-order valence-electron chi connectivity index (χ3n) is 5.04. The summed E-state index contributed by atoms with van der Waals surface area (Å²) in [6.07, 6.45) is 2.13. The molecule has 1 aliphatic heterocycles. The van der Waals surface area contributed by atoms with Crippen molar-refractivity contribution in [2.75, 3.05) is 23.3 Å². The van der Waals surface area contributed by atoms with Gasteiger partial charge in [-0.25, -0.2) is 14.8 Å². The summed E-state index contributed by atoms with van der Waals surface area (Å²) in [4.78, 5) is 34.2. The Morgan fingerprint density at radius 2 is 1.94 bits per heavy atom. The van der Waals surface area contributed by atoms with Gasteiger partial charge in [0.25, 0.3) is 5.91 Å². The number of hydrogen-bond donors (Lipinski definition) is 3. The Hall–Kier alpha value is -3.17. The van der Waals surface area contributed by atoms with Gasteiger partial charge < -0.3 is 15.3 Å². The summed E-state index contributed by atoms with van der Waals surface area (Å²) in [6, 6.07) is 10.9. The highest BCUT2D eigenvalue weighted by Crippen LogP contribution is 2.30. The maximum Gasteiger partial charge on any atom is 0.404 e. The van der Waals surface area contributed by atoms with Gasteiger partial charge in [-0.3, -0.25) is 10.1 Å². The summed E-state index contributed by atoms with van der Waals surface area (Å²) < 4.78 is 0. The Balaban J connectivity index is 1.36. The fraction of sp³-hybridized carbons (Fsp3) is 0.238. The molecule has 0 bridgehead atoms. The van der Waals surface area contributed by atoms with Crippen LogP contribution in [0.3, 0.4) is 0 Å². The van der Waals surface area contributed by atoms with Gasteiger partial charge in [-0.1, -0.05) is 29.8 Å². The summed E-state index contributed by atoms with van der Waals surface area (Å²) >= 11 is 7.53. The minimum Gasteiger partial charge on any atom is -0.465 e. The predicted octanol–water partition coefficient (Wildman–Crippen LogP) is 4.35. The van der Waals surface area contributed by atoms with E-state index in [0.29, 0.717) is 21.5 Å². The van der Waals surface area contributed by atoms with Crippen molar-refractivity contribution in [3.8, 4) is 11.3 Å². The van der Waals surface area contributed by atoms with Gasteiger partial charge >= 0.3 is 6.09 Å². The number of pyridine rings is 1. The molecule has 0 spiro atoms. The molecule has 0 atom stereocenters. The molecule has 10 heteroatoms. The molecule has 3 heterocycles. The second-order valence-electron chi connectivity index (χ2n) is 7.08. The van der Waals surface area contributed by atoms with Gasteiger partial charge in [-0.15, -0.1) is 11.3 Å². The highest BCUT2D eigenvalue weighted by Gasteiger charge is 2.21. The number of rotatable bonds is 5. The van der Waals surface area contributed by atoms with Crippen LogP contribution in [-0.4, -0.2) is 46.2 Å². The van der Waals surface area contributed by atoms with Crippen molar-refractivity contribution < 1.29 is 14.7 Å². The van der Waals surface area contributed by atoms with Crippen molar-refractivity contribution in [2.45, 2.75) is 18.9 Å². The van der Waals surface area contributed by atoms with Gasteiger partial charge in [0, 0.05) is 35.1 Å². The number of aromatic nitrogens is 2. The molecular weight excluding hydrogens is 438 g/mol. The van der Waals surface area contributed by atoms with Crippen molar-refractivity contribution in [1.29, 1.82) is 0 Å². The van der Waals surface area contributed by atoms with Crippen LogP contribution in [0.5, 0.6) is 0 Å². The fourth-order valence-electron chi connectivity index (χ4n) is 3.45. The van der Waals surface area contributed by atoms with Crippen LogP contribution < -0.4 is 15.5 Å². The molecule has 1 aliphatic rings. The Kier molecular flexibility index (Phi) is 6.34. The number of carboxylic acid groups (broad SMARTS) is 1. The molecule has 3 N–H and O–H groups in total. The number of anilines is 2. The summed E-state index contributed by atoms with van der Waals surface area (Å²) in [5, 5.41) is 17.0. The number of piperidine rings is 1. The van der Waals surface area contributed by atoms with Crippen molar-refractivity contribution in [2.24, 2.45) is 0 Å². The molecule has 0 saturated carbocycles. The van der Waals surface area contributed by atoms with E-state index in [-0.39, 0.29) is 11.9 Å². The van der Waals surface area contributed by atoms with Gasteiger partial charge in [-0.05, 0) is 31.0 Å². The number of carbonyl (C=O) groups excluding carboxylic acids is 1. The molecular formula is C21H20ClN5O3S. The number of nitrogens with zero attached hydrogens (tertiary/aromatic N) is 3. The maximum atomic E-state index is 12.5. The zero-order valence-electron chi connectivity index (χ0n) is 16.4. The number of amides is 2. The monoisotopic (exact) mass is 457 g/mol. The topological polar surface area (TPSA) is 107 Å². The maximum absolute atomic E-state index is 12.5. The highest BCUT2D eigenvalue weighted by molar-refractivity contribution is 7.14. The molecule has 31 heavy (non-hydrogen) atoms. The highest BCUT2D eigenvalue weighted by atomic mass is 35.5. The van der Waals surface area contributed by atoms with Crippen LogP contribution in [0.2, 0.25) is 5.02 Å². The van der Waals surface area contributed by atoms with Crippen LogP contribution in [0.15, 0.2) is 48.0 Å². The van der Waals surface area contributed by atoms with Crippen molar-refractivity contribution in [3.05, 3.63) is 58.7 Å². The van der Waals surface area contributed by atoms with Crippen LogP contribution in [0.4, 0.5) is 15.6 Å². The van der Waals surface area contributed by atoms with Crippen molar-refractivity contribution >= 4 is 45.8 Å². The first-order chi connectivity index (χ1) is 15.0. The second-order valence-corrected chi connectivity index (χ2v) is 8.35. The lowest BCUT2D eigenvalue weighted by atomic mass is 10.0. The lowest BCUT2D eigenvalue weighted by Gasteiger charge is -2.33. The molecule has 0 aliphatic carbocycles. The van der Waals surface area contributed by atoms with Crippen LogP contribution in [0.25, 0.3) is 11.3 Å². The van der Waals surface area contributed by atoms with Crippen molar-refractivity contribution in [3.63, 3.8) is 0 Å². The molecule has 0 radical (unpaired) electrons. The first-order valence-corrected chi connectivity index (χ1v) is 11.0. The SMILES string of the molecule is O=C(O)NC1CCN(c2ccc(C(=O)Nc3nc(-c4ccccc4Cl)cs3)nc2)CC1. The molecule has 2 aromatic heterocycles. The standard InChI is InChI=1S/C21H20ClN5O3S/c22-16-4-2-1-3-15(16)18-12-31-20(25-18)26-19(28)17-6-5-14(11-23-17)27-9-7-13(8-10-27)24-21(29)30/h1-6,11-13,24H,7-10H2,(H,29,30)(H,25,26,28). The molecule has 1 saturated heterocycles. The largest absolute Gasteiger partial charge is 0.465 e. The van der Waals surface area contributed by atoms with E-state index < -0.39 is 6.09 Å². The predicted molar refractivity (Wildman–Crippen MR) is 121 cm³/mol. The Morgan fingerprint density at radius 3 is 2.61 bits per heavy atom. The van der Waals surface area contributed by atoms with Crippen molar-refractivity contribution in [1.82, 2.24) is 15.3 Å². The fourth-order valence-corrected chi connectivity index (χ4v) is 4.39. The number of thiazole rings is 1. The summed E-state index contributed by atoms with van der Waals surface area (Å²) in [5.74, 6) is -0.337. The zero-order chi connectivity index (χ0) is 21.8. The van der Waals surface area contributed by atoms with Crippen LogP contribution >= 0.6 is 22.9 Å². The number of hydrogen-bond acceptors (Lipinski definition) is 6. The quantitative estimate of drug-likeness (QED) is 0.525. The number of benzene rings is 1. The van der Waals surface area contributed by atoms with Gasteiger partial charge in [0.05, 0.1) is 17.6 Å². The van der Waals surface area contributed by atoms with Crippen LogP contribution in [0.1, 0.15) is 23.3 Å². The zero-order valence-corrected chi connectivity index (χ0v) is 18.0. The molecule has 2 amide bonds. The molecule has 160 valence electrons. The van der Waals surface area contributed by atoms with Gasteiger partial charge in [0.2, 0.25) is 0 Å². The minimum absolute atomic E-state index is 0.0271. The van der Waals surface area contributed by atoms with Crippen LogP contribution in [0, 0.1) is 0 Å². The molecule has 3 aromatic rings. The van der Waals surface area contributed by atoms with E-state index in [1.807, 2.05) is 29.6 Å². The molecule has 8 nitrogen and oxygen atoms in total. The van der Waals surface area contributed by atoms with E-state index in [4.69, 9.17) is 16.7 Å². The van der Waals surface area contributed by atoms with Gasteiger partial charge in [0.1, 0.15) is 5.69 Å². The smallest absolute Gasteiger partial charge is 0.404 e. The van der Waals surface area contributed by atoms with Crippen LogP contribution in [-0.2, 0) is 0 Å². The number of carbonyl (C=O) groups is 2. The molecule has 4 rings (SSSR count). The van der Waals surface area contributed by atoms with E-state index in [1.54, 1.807) is 18.3 Å². The third-order valence-corrected chi connectivity index (χ3v) is 6.13. The Morgan fingerprint density at radius 1 is 1.16 bits per heavy atom. The number of nitrogens with one attached hydrogen (secondary N) is 2. The van der Waals surface area contributed by atoms with E-state index in [9.17, 15) is 9.59 Å². The second kappa shape index (κ2) is 9.32. The van der Waals surface area contributed by atoms with E-state index in [1.165, 1.54) is 11.3 Å². The first kappa shape index (κ1) is 21.1. The van der Waals surface area contributed by atoms with E-state index in [0.717, 1.165) is 37.2 Å². The van der Waals surface area contributed by atoms with Gasteiger partial charge in [-0.2, -0.15) is 0 Å². The summed E-state index contributed by atoms with van der Waals surface area (Å²) in [5.41, 5.74) is 2.71. The third kappa shape index (κ3) is 5.12. The molecule has 0 unspecified atom stereocenters.